The quantitative estimate of drug-likeness (QED) is 0.633. The van der Waals surface area contributed by atoms with Crippen LogP contribution in [0.1, 0.15) is 25.7 Å². The number of para-hydroxylation sites is 1. The van der Waals surface area contributed by atoms with Gasteiger partial charge in [-0.05, 0) is 18.9 Å². The molecule has 4 rings (SSSR count). The number of ether oxygens (including phenoxy) is 1. The van der Waals surface area contributed by atoms with Crippen molar-refractivity contribution in [1.29, 1.82) is 0 Å². The molecular weight excluding hydrogens is 322 g/mol. The summed E-state index contributed by atoms with van der Waals surface area (Å²) in [6.07, 6.45) is 6.36. The van der Waals surface area contributed by atoms with Crippen LogP contribution in [0.2, 0.25) is 0 Å². The lowest BCUT2D eigenvalue weighted by Gasteiger charge is -2.43. The van der Waals surface area contributed by atoms with Gasteiger partial charge in [0.15, 0.2) is 0 Å². The Morgan fingerprint density at radius 1 is 1.25 bits per heavy atom. The second kappa shape index (κ2) is 7.07. The molecule has 2 atom stereocenters. The highest BCUT2D eigenvalue weighted by atomic mass is 32.2. The highest BCUT2D eigenvalue weighted by Crippen LogP contribution is 2.30. The lowest BCUT2D eigenvalue weighted by atomic mass is 9.90. The van der Waals surface area contributed by atoms with E-state index < -0.39 is 0 Å². The van der Waals surface area contributed by atoms with E-state index in [1.807, 2.05) is 29.2 Å². The van der Waals surface area contributed by atoms with Crippen LogP contribution in [0.25, 0.3) is 10.9 Å². The molecule has 1 saturated carbocycles. The molecule has 0 unspecified atom stereocenters. The normalized spacial score (nSPS) is 23.9. The van der Waals surface area contributed by atoms with E-state index in [1.54, 1.807) is 6.33 Å². The molecule has 1 aliphatic heterocycles. The van der Waals surface area contributed by atoms with Crippen molar-refractivity contribution < 1.29 is 9.53 Å². The minimum atomic E-state index is 0.197. The maximum Gasteiger partial charge on any atom is 0.233 e. The molecule has 1 saturated heterocycles. The van der Waals surface area contributed by atoms with Crippen molar-refractivity contribution in [3.05, 3.63) is 30.6 Å². The Labute approximate surface area is 145 Å². The first-order valence-electron chi connectivity index (χ1n) is 8.56. The van der Waals surface area contributed by atoms with Gasteiger partial charge in [0.1, 0.15) is 11.4 Å². The number of fused-ring (bicyclic) bond motifs is 2. The van der Waals surface area contributed by atoms with Crippen molar-refractivity contribution in [3.63, 3.8) is 0 Å². The smallest absolute Gasteiger partial charge is 0.233 e. The van der Waals surface area contributed by atoms with Gasteiger partial charge in [-0.3, -0.25) is 4.79 Å². The first-order chi connectivity index (χ1) is 11.8. The number of hydrogen-bond acceptors (Lipinski definition) is 5. The van der Waals surface area contributed by atoms with Crippen molar-refractivity contribution in [2.75, 3.05) is 18.9 Å². The third-order valence-electron chi connectivity index (χ3n) is 4.89. The summed E-state index contributed by atoms with van der Waals surface area (Å²) < 4.78 is 5.86. The van der Waals surface area contributed by atoms with Crippen LogP contribution in [0.5, 0.6) is 0 Å². The van der Waals surface area contributed by atoms with Gasteiger partial charge in [-0.1, -0.05) is 42.8 Å². The summed E-state index contributed by atoms with van der Waals surface area (Å²) in [6.45, 7) is 1.37. The van der Waals surface area contributed by atoms with Gasteiger partial charge in [-0.25, -0.2) is 9.97 Å². The summed E-state index contributed by atoms with van der Waals surface area (Å²) in [5.74, 6) is 0.618. The van der Waals surface area contributed by atoms with Gasteiger partial charge >= 0.3 is 0 Å². The van der Waals surface area contributed by atoms with Gasteiger partial charge in [-0.15, -0.1) is 0 Å². The number of benzene rings is 1. The topological polar surface area (TPSA) is 55.3 Å². The zero-order chi connectivity index (χ0) is 16.4. The molecule has 24 heavy (non-hydrogen) atoms. The van der Waals surface area contributed by atoms with Crippen LogP contribution >= 0.6 is 11.8 Å². The monoisotopic (exact) mass is 343 g/mol. The fraction of sp³-hybridized carbons (Fsp3) is 0.500. The Morgan fingerprint density at radius 3 is 3.08 bits per heavy atom. The van der Waals surface area contributed by atoms with Crippen molar-refractivity contribution >= 4 is 28.6 Å². The first kappa shape index (κ1) is 15.8. The van der Waals surface area contributed by atoms with Crippen molar-refractivity contribution in [1.82, 2.24) is 14.9 Å². The average molecular weight is 343 g/mol. The van der Waals surface area contributed by atoms with E-state index in [0.29, 0.717) is 18.9 Å². The maximum absolute atomic E-state index is 12.8. The zero-order valence-electron chi connectivity index (χ0n) is 13.6. The number of hydrogen-bond donors (Lipinski definition) is 0. The highest BCUT2D eigenvalue weighted by Gasteiger charge is 2.36. The highest BCUT2D eigenvalue weighted by molar-refractivity contribution is 8.00. The molecule has 2 fully saturated rings. The fourth-order valence-corrected chi connectivity index (χ4v) is 4.59. The molecule has 0 N–H and O–H groups in total. The summed E-state index contributed by atoms with van der Waals surface area (Å²) >= 11 is 1.51. The molecule has 126 valence electrons. The van der Waals surface area contributed by atoms with Gasteiger partial charge in [0.2, 0.25) is 5.91 Å². The lowest BCUT2D eigenvalue weighted by molar-refractivity contribution is -0.146. The Bertz CT molecular complexity index is 732. The number of thioether (sulfide) groups is 1. The molecule has 1 aromatic carbocycles. The van der Waals surface area contributed by atoms with Gasteiger partial charge in [0, 0.05) is 11.9 Å². The van der Waals surface area contributed by atoms with Crippen LogP contribution in [0.4, 0.5) is 0 Å². The molecule has 2 aliphatic rings. The molecule has 0 bridgehead atoms. The molecule has 1 amide bonds. The minimum Gasteiger partial charge on any atom is -0.374 e. The average Bonchev–Trinajstić information content (AvgIpc) is 2.65. The molecule has 2 aromatic rings. The lowest BCUT2D eigenvalue weighted by Crippen LogP contribution is -2.55. The fourth-order valence-electron chi connectivity index (χ4n) is 3.71. The third-order valence-corrected chi connectivity index (χ3v) is 5.88. The molecule has 1 aromatic heterocycles. The number of morpholine rings is 1. The van der Waals surface area contributed by atoms with Gasteiger partial charge < -0.3 is 9.64 Å². The van der Waals surface area contributed by atoms with Crippen molar-refractivity contribution in [3.8, 4) is 0 Å². The second-order valence-electron chi connectivity index (χ2n) is 6.33. The molecule has 0 radical (unpaired) electrons. The van der Waals surface area contributed by atoms with Gasteiger partial charge in [-0.2, -0.15) is 0 Å². The number of rotatable bonds is 3. The van der Waals surface area contributed by atoms with Crippen molar-refractivity contribution in [2.45, 2.75) is 42.9 Å². The van der Waals surface area contributed by atoms with Crippen molar-refractivity contribution in [2.24, 2.45) is 0 Å². The predicted octanol–water partition coefficient (Wildman–Crippen LogP) is 2.89. The largest absolute Gasteiger partial charge is 0.374 e. The Morgan fingerprint density at radius 2 is 2.12 bits per heavy atom. The van der Waals surface area contributed by atoms with E-state index in [9.17, 15) is 4.79 Å². The number of carbonyl (C=O) groups excluding carboxylic acids is 1. The molecule has 0 spiro atoms. The van der Waals surface area contributed by atoms with Crippen LogP contribution in [0.3, 0.4) is 0 Å². The summed E-state index contributed by atoms with van der Waals surface area (Å²) in [5.41, 5.74) is 0.918. The zero-order valence-corrected chi connectivity index (χ0v) is 14.4. The molecule has 1 aliphatic carbocycles. The summed E-state index contributed by atoms with van der Waals surface area (Å²) in [4.78, 5) is 23.5. The van der Waals surface area contributed by atoms with Crippen LogP contribution in [0, 0.1) is 0 Å². The Hall–Kier alpha value is -1.66. The SMILES string of the molecule is O=C(CSc1ncnc2ccccc12)N1CCO[C@H]2CCCC[C@H]21. The Balaban J connectivity index is 1.46. The molecule has 6 heteroatoms. The van der Waals surface area contributed by atoms with Crippen LogP contribution in [-0.2, 0) is 9.53 Å². The second-order valence-corrected chi connectivity index (χ2v) is 7.30. The number of nitrogens with zero attached hydrogens (tertiary/aromatic N) is 3. The van der Waals surface area contributed by atoms with Crippen LogP contribution in [-0.4, -0.2) is 51.8 Å². The standard InChI is InChI=1S/C18H21N3O2S/c22-17(21-9-10-23-16-8-4-3-7-15(16)21)11-24-18-13-5-1-2-6-14(13)19-12-20-18/h1-2,5-6,12,15-16H,3-4,7-11H2/t15-,16+/m1/s1. The molecular formula is C18H21N3O2S. The number of aromatic nitrogens is 2. The maximum atomic E-state index is 12.8. The minimum absolute atomic E-state index is 0.197. The summed E-state index contributed by atoms with van der Waals surface area (Å²) in [7, 11) is 0. The Kier molecular flexibility index (Phi) is 4.67. The summed E-state index contributed by atoms with van der Waals surface area (Å²) in [5, 5.41) is 1.89. The molecule has 2 heterocycles. The van der Waals surface area contributed by atoms with E-state index in [4.69, 9.17) is 4.74 Å². The van der Waals surface area contributed by atoms with E-state index in [-0.39, 0.29) is 18.1 Å². The van der Waals surface area contributed by atoms with E-state index >= 15 is 0 Å². The van der Waals surface area contributed by atoms with Gasteiger partial charge in [0.25, 0.3) is 0 Å². The predicted molar refractivity (Wildman–Crippen MR) is 94.0 cm³/mol. The van der Waals surface area contributed by atoms with Crippen LogP contribution in [0.15, 0.2) is 35.6 Å². The van der Waals surface area contributed by atoms with E-state index in [0.717, 1.165) is 28.8 Å². The third kappa shape index (κ3) is 3.13. The van der Waals surface area contributed by atoms with E-state index in [2.05, 4.69) is 9.97 Å². The number of amides is 1. The first-order valence-corrected chi connectivity index (χ1v) is 9.55. The summed E-state index contributed by atoms with van der Waals surface area (Å²) in [6, 6.07) is 8.19. The van der Waals surface area contributed by atoms with Gasteiger partial charge in [0.05, 0.1) is 30.0 Å². The number of carbonyl (C=O) groups is 1. The van der Waals surface area contributed by atoms with Crippen LogP contribution < -0.4 is 0 Å². The molecule has 5 nitrogen and oxygen atoms in total. The van der Waals surface area contributed by atoms with E-state index in [1.165, 1.54) is 24.6 Å².